The highest BCUT2D eigenvalue weighted by Crippen LogP contribution is 2.32. The zero-order valence-corrected chi connectivity index (χ0v) is 14.7. The average molecular weight is 337 g/mol. The van der Waals surface area contributed by atoms with Gasteiger partial charge in [0.15, 0.2) is 0 Å². The second kappa shape index (κ2) is 7.34. The highest BCUT2D eigenvalue weighted by Gasteiger charge is 2.43. The van der Waals surface area contributed by atoms with Crippen molar-refractivity contribution in [2.24, 2.45) is 0 Å². The number of allylic oxidation sites excluding steroid dienone is 1. The van der Waals surface area contributed by atoms with Gasteiger partial charge in [-0.3, -0.25) is 19.3 Å². The van der Waals surface area contributed by atoms with Gasteiger partial charge >= 0.3 is 5.97 Å². The monoisotopic (exact) mass is 337 g/mol. The first kappa shape index (κ1) is 18.4. The Labute approximate surface area is 142 Å². The van der Waals surface area contributed by atoms with Gasteiger partial charge in [-0.2, -0.15) is 0 Å². The summed E-state index contributed by atoms with van der Waals surface area (Å²) in [6, 6.07) is 0. The molecule has 2 aliphatic rings. The molecule has 0 aromatic heterocycles. The SMILES string of the molecule is CC(C)=CC(=O)N1CCN(C)[C@@]2(CCC(=O)N(CC(=O)O)CC2)C1. The number of carbonyl (C=O) groups is 3. The molecule has 0 aromatic rings. The van der Waals surface area contributed by atoms with E-state index in [1.165, 1.54) is 4.90 Å². The number of likely N-dealkylation sites (tertiary alicyclic amines) is 1. The molecule has 1 atom stereocenters. The maximum absolute atomic E-state index is 12.4. The van der Waals surface area contributed by atoms with Gasteiger partial charge < -0.3 is 14.9 Å². The van der Waals surface area contributed by atoms with E-state index in [2.05, 4.69) is 4.90 Å². The first-order valence-electron chi connectivity index (χ1n) is 8.38. The van der Waals surface area contributed by atoms with E-state index in [1.807, 2.05) is 25.8 Å². The van der Waals surface area contributed by atoms with E-state index in [9.17, 15) is 14.4 Å². The van der Waals surface area contributed by atoms with Crippen LogP contribution in [0, 0.1) is 0 Å². The van der Waals surface area contributed by atoms with Crippen molar-refractivity contribution >= 4 is 17.8 Å². The Morgan fingerprint density at radius 2 is 1.92 bits per heavy atom. The number of nitrogens with zero attached hydrogens (tertiary/aromatic N) is 3. The van der Waals surface area contributed by atoms with Crippen molar-refractivity contribution in [3.8, 4) is 0 Å². The Hall–Kier alpha value is -1.89. The number of hydrogen-bond donors (Lipinski definition) is 1. The largest absolute Gasteiger partial charge is 0.480 e. The molecule has 1 spiro atoms. The highest BCUT2D eigenvalue weighted by molar-refractivity contribution is 5.88. The summed E-state index contributed by atoms with van der Waals surface area (Å²) in [6.45, 7) is 5.98. The summed E-state index contributed by atoms with van der Waals surface area (Å²) in [6.07, 6.45) is 3.30. The predicted molar refractivity (Wildman–Crippen MR) is 89.4 cm³/mol. The molecule has 0 bridgehead atoms. The minimum absolute atomic E-state index is 0.0143. The van der Waals surface area contributed by atoms with E-state index in [0.29, 0.717) is 38.9 Å². The van der Waals surface area contributed by atoms with Crippen LogP contribution in [0.4, 0.5) is 0 Å². The van der Waals surface area contributed by atoms with Gasteiger partial charge in [0.1, 0.15) is 6.54 Å². The number of aliphatic carboxylic acids is 1. The lowest BCUT2D eigenvalue weighted by atomic mass is 9.86. The summed E-state index contributed by atoms with van der Waals surface area (Å²) in [5.41, 5.74) is 0.711. The zero-order chi connectivity index (χ0) is 17.9. The smallest absolute Gasteiger partial charge is 0.323 e. The van der Waals surface area contributed by atoms with Crippen molar-refractivity contribution in [3.05, 3.63) is 11.6 Å². The van der Waals surface area contributed by atoms with Gasteiger partial charge in [0.25, 0.3) is 0 Å². The molecule has 7 nitrogen and oxygen atoms in total. The lowest BCUT2D eigenvalue weighted by Gasteiger charge is -2.49. The third-order valence-corrected chi connectivity index (χ3v) is 5.05. The molecule has 2 aliphatic heterocycles. The van der Waals surface area contributed by atoms with Crippen LogP contribution in [-0.4, -0.2) is 82.9 Å². The predicted octanol–water partition coefficient (Wildman–Crippen LogP) is 0.563. The number of piperazine rings is 1. The Bertz CT molecular complexity index is 556. The molecular weight excluding hydrogens is 310 g/mol. The summed E-state index contributed by atoms with van der Waals surface area (Å²) in [4.78, 5) is 41.0. The van der Waals surface area contributed by atoms with Gasteiger partial charge in [-0.25, -0.2) is 0 Å². The summed E-state index contributed by atoms with van der Waals surface area (Å²) in [5.74, 6) is -1.09. The number of likely N-dealkylation sites (N-methyl/N-ethyl adjacent to an activating group) is 1. The molecule has 7 heteroatoms. The molecule has 0 saturated carbocycles. The molecule has 2 amide bonds. The number of carboxylic acids is 1. The fourth-order valence-electron chi connectivity index (χ4n) is 3.55. The quantitative estimate of drug-likeness (QED) is 0.761. The van der Waals surface area contributed by atoms with Gasteiger partial charge in [0, 0.05) is 44.2 Å². The molecule has 0 unspecified atom stereocenters. The van der Waals surface area contributed by atoms with E-state index in [0.717, 1.165) is 12.1 Å². The van der Waals surface area contributed by atoms with Gasteiger partial charge in [-0.15, -0.1) is 0 Å². The van der Waals surface area contributed by atoms with Crippen molar-refractivity contribution in [2.45, 2.75) is 38.6 Å². The van der Waals surface area contributed by atoms with Crippen LogP contribution in [0.15, 0.2) is 11.6 Å². The van der Waals surface area contributed by atoms with Crippen LogP contribution in [-0.2, 0) is 14.4 Å². The molecule has 2 fully saturated rings. The van der Waals surface area contributed by atoms with Gasteiger partial charge in [0.2, 0.25) is 11.8 Å². The number of carbonyl (C=O) groups excluding carboxylic acids is 2. The Morgan fingerprint density at radius 1 is 1.21 bits per heavy atom. The number of carboxylic acid groups (broad SMARTS) is 1. The second-order valence-electron chi connectivity index (χ2n) is 7.09. The van der Waals surface area contributed by atoms with Crippen LogP contribution in [0.25, 0.3) is 0 Å². The summed E-state index contributed by atoms with van der Waals surface area (Å²) < 4.78 is 0. The highest BCUT2D eigenvalue weighted by atomic mass is 16.4. The van der Waals surface area contributed by atoms with Crippen molar-refractivity contribution in [3.63, 3.8) is 0 Å². The fraction of sp³-hybridized carbons (Fsp3) is 0.706. The average Bonchev–Trinajstić information content (AvgIpc) is 2.63. The standard InChI is InChI=1S/C17H27N3O4/c1-13(2)10-15(22)20-9-8-18(3)17(12-20)5-4-14(21)19(7-6-17)11-16(23)24/h10H,4-9,11-12H2,1-3H3,(H,23,24)/t17-/m1/s1. The maximum Gasteiger partial charge on any atom is 0.323 e. The van der Waals surface area contributed by atoms with Gasteiger partial charge in [0.05, 0.1) is 0 Å². The third kappa shape index (κ3) is 4.14. The second-order valence-corrected chi connectivity index (χ2v) is 7.09. The molecule has 2 rings (SSSR count). The first-order valence-corrected chi connectivity index (χ1v) is 8.38. The van der Waals surface area contributed by atoms with Crippen LogP contribution in [0.1, 0.15) is 33.1 Å². The van der Waals surface area contributed by atoms with Crippen molar-refractivity contribution in [1.82, 2.24) is 14.7 Å². The van der Waals surface area contributed by atoms with E-state index in [-0.39, 0.29) is 23.9 Å². The third-order valence-electron chi connectivity index (χ3n) is 5.05. The van der Waals surface area contributed by atoms with Crippen molar-refractivity contribution in [2.75, 3.05) is 39.8 Å². The zero-order valence-electron chi connectivity index (χ0n) is 14.7. The van der Waals surface area contributed by atoms with Crippen LogP contribution < -0.4 is 0 Å². The molecule has 2 heterocycles. The first-order chi connectivity index (χ1) is 11.2. The number of rotatable bonds is 3. The summed E-state index contributed by atoms with van der Waals surface area (Å²) in [5, 5.41) is 8.96. The molecule has 2 saturated heterocycles. The molecular formula is C17H27N3O4. The minimum atomic E-state index is -0.989. The number of hydrogen-bond acceptors (Lipinski definition) is 4. The summed E-state index contributed by atoms with van der Waals surface area (Å²) >= 11 is 0. The normalized spacial score (nSPS) is 25.5. The van der Waals surface area contributed by atoms with Crippen LogP contribution in [0.2, 0.25) is 0 Å². The van der Waals surface area contributed by atoms with Crippen LogP contribution >= 0.6 is 0 Å². The Balaban J connectivity index is 2.14. The number of amides is 2. The van der Waals surface area contributed by atoms with Crippen molar-refractivity contribution < 1.29 is 19.5 Å². The molecule has 24 heavy (non-hydrogen) atoms. The Kier molecular flexibility index (Phi) is 5.64. The molecule has 0 aliphatic carbocycles. The van der Waals surface area contributed by atoms with Crippen LogP contribution in [0.5, 0.6) is 0 Å². The topological polar surface area (TPSA) is 81.2 Å². The molecule has 134 valence electrons. The molecule has 0 aromatic carbocycles. The molecule has 0 radical (unpaired) electrons. The van der Waals surface area contributed by atoms with E-state index < -0.39 is 5.97 Å². The van der Waals surface area contributed by atoms with E-state index in [4.69, 9.17) is 5.11 Å². The maximum atomic E-state index is 12.4. The van der Waals surface area contributed by atoms with E-state index >= 15 is 0 Å². The van der Waals surface area contributed by atoms with Crippen LogP contribution in [0.3, 0.4) is 0 Å². The minimum Gasteiger partial charge on any atom is -0.480 e. The van der Waals surface area contributed by atoms with Gasteiger partial charge in [-0.1, -0.05) is 5.57 Å². The lowest BCUT2D eigenvalue weighted by molar-refractivity contribution is -0.144. The molecule has 1 N–H and O–H groups in total. The summed E-state index contributed by atoms with van der Waals surface area (Å²) in [7, 11) is 2.03. The van der Waals surface area contributed by atoms with Crippen molar-refractivity contribution in [1.29, 1.82) is 0 Å². The fourth-order valence-corrected chi connectivity index (χ4v) is 3.55. The van der Waals surface area contributed by atoms with Gasteiger partial charge in [-0.05, 0) is 33.7 Å². The van der Waals surface area contributed by atoms with E-state index in [1.54, 1.807) is 6.08 Å². The lowest BCUT2D eigenvalue weighted by Crippen LogP contribution is -2.62. The Morgan fingerprint density at radius 3 is 2.54 bits per heavy atom.